The number of amides is 1. The van der Waals surface area contributed by atoms with Crippen molar-refractivity contribution in [1.82, 2.24) is 5.32 Å². The molecule has 0 radical (unpaired) electrons. The molecule has 0 spiro atoms. The minimum absolute atomic E-state index is 0.0145. The first-order valence-corrected chi connectivity index (χ1v) is 9.83. The van der Waals surface area contributed by atoms with Crippen LogP contribution in [0.2, 0.25) is 0 Å². The Morgan fingerprint density at radius 2 is 2.00 bits per heavy atom. The van der Waals surface area contributed by atoms with Crippen molar-refractivity contribution in [2.45, 2.75) is 26.3 Å². The quantitative estimate of drug-likeness (QED) is 0.793. The molecule has 1 aliphatic rings. The summed E-state index contributed by atoms with van der Waals surface area (Å²) in [6.45, 7) is 7.23. The summed E-state index contributed by atoms with van der Waals surface area (Å²) >= 11 is 0. The predicted molar refractivity (Wildman–Crippen MR) is 111 cm³/mol. The minimum atomic E-state index is -0.247. The second-order valence-corrected chi connectivity index (χ2v) is 7.07. The number of para-hydroxylation sites is 2. The van der Waals surface area contributed by atoms with E-state index in [-0.39, 0.29) is 17.8 Å². The number of nitrogens with one attached hydrogen (secondary N) is 1. The third kappa shape index (κ3) is 5.15. The van der Waals surface area contributed by atoms with E-state index in [1.165, 1.54) is 12.1 Å². The van der Waals surface area contributed by atoms with Crippen molar-refractivity contribution in [2.24, 2.45) is 0 Å². The highest BCUT2D eigenvalue weighted by atomic mass is 19.1. The number of ether oxygens (including phenoxy) is 1. The summed E-state index contributed by atoms with van der Waals surface area (Å²) in [5, 5.41) is 3.09. The van der Waals surface area contributed by atoms with E-state index in [9.17, 15) is 9.18 Å². The lowest BCUT2D eigenvalue weighted by Gasteiger charge is -2.28. The van der Waals surface area contributed by atoms with Gasteiger partial charge in [0.2, 0.25) is 5.91 Å². The molecule has 0 aromatic heterocycles. The molecule has 5 nitrogen and oxygen atoms in total. The monoisotopic (exact) mass is 385 g/mol. The van der Waals surface area contributed by atoms with Gasteiger partial charge in [0.15, 0.2) is 0 Å². The molecule has 28 heavy (non-hydrogen) atoms. The van der Waals surface area contributed by atoms with Crippen LogP contribution in [0.5, 0.6) is 5.75 Å². The van der Waals surface area contributed by atoms with Gasteiger partial charge in [-0.05, 0) is 56.7 Å². The van der Waals surface area contributed by atoms with E-state index in [4.69, 9.17) is 4.74 Å². The number of hydrogen-bond donors (Lipinski definition) is 1. The van der Waals surface area contributed by atoms with Crippen molar-refractivity contribution in [3.05, 3.63) is 54.3 Å². The van der Waals surface area contributed by atoms with Crippen molar-refractivity contribution in [3.63, 3.8) is 0 Å². The van der Waals surface area contributed by atoms with Gasteiger partial charge in [-0.3, -0.25) is 4.79 Å². The van der Waals surface area contributed by atoms with Gasteiger partial charge < -0.3 is 19.9 Å². The maximum absolute atomic E-state index is 13.2. The Hall–Kier alpha value is -2.76. The number of fused-ring (bicyclic) bond motifs is 1. The van der Waals surface area contributed by atoms with Crippen molar-refractivity contribution in [1.29, 1.82) is 0 Å². The van der Waals surface area contributed by atoms with Gasteiger partial charge in [-0.15, -0.1) is 0 Å². The van der Waals surface area contributed by atoms with Crippen LogP contribution in [0, 0.1) is 5.82 Å². The smallest absolute Gasteiger partial charge is 0.239 e. The Bertz CT molecular complexity index is 782. The van der Waals surface area contributed by atoms with Gasteiger partial charge in [0, 0.05) is 31.4 Å². The topological polar surface area (TPSA) is 44.8 Å². The number of hydrogen-bond acceptors (Lipinski definition) is 4. The van der Waals surface area contributed by atoms with E-state index in [1.54, 1.807) is 12.1 Å². The lowest BCUT2D eigenvalue weighted by atomic mass is 10.2. The first-order valence-electron chi connectivity index (χ1n) is 9.83. The zero-order valence-corrected chi connectivity index (χ0v) is 16.5. The van der Waals surface area contributed by atoms with E-state index < -0.39 is 0 Å². The molecule has 1 aliphatic heterocycles. The van der Waals surface area contributed by atoms with Gasteiger partial charge in [-0.2, -0.15) is 0 Å². The summed E-state index contributed by atoms with van der Waals surface area (Å²) in [7, 11) is 0. The van der Waals surface area contributed by atoms with Gasteiger partial charge in [-0.1, -0.05) is 12.1 Å². The van der Waals surface area contributed by atoms with Gasteiger partial charge in [0.25, 0.3) is 0 Å². The van der Waals surface area contributed by atoms with Crippen LogP contribution in [0.25, 0.3) is 0 Å². The first-order chi connectivity index (χ1) is 13.6. The zero-order chi connectivity index (χ0) is 19.9. The number of anilines is 2. The summed E-state index contributed by atoms with van der Waals surface area (Å²) in [5.74, 6) is 0.566. The van der Waals surface area contributed by atoms with Crippen LogP contribution in [-0.4, -0.2) is 44.7 Å². The largest absolute Gasteiger partial charge is 0.491 e. The van der Waals surface area contributed by atoms with Crippen LogP contribution in [0.1, 0.15) is 20.3 Å². The Kier molecular flexibility index (Phi) is 6.74. The maximum Gasteiger partial charge on any atom is 0.239 e. The third-order valence-corrected chi connectivity index (χ3v) is 4.85. The average Bonchev–Trinajstić information content (AvgIpc) is 2.89. The van der Waals surface area contributed by atoms with Gasteiger partial charge in [-0.25, -0.2) is 4.39 Å². The molecule has 0 saturated carbocycles. The van der Waals surface area contributed by atoms with E-state index in [0.717, 1.165) is 36.6 Å². The second kappa shape index (κ2) is 9.44. The molecule has 0 bridgehead atoms. The third-order valence-electron chi connectivity index (χ3n) is 4.85. The van der Waals surface area contributed by atoms with Crippen LogP contribution in [0.3, 0.4) is 0 Å². The van der Waals surface area contributed by atoms with Crippen molar-refractivity contribution >= 4 is 17.3 Å². The van der Waals surface area contributed by atoms with Crippen molar-refractivity contribution in [3.8, 4) is 5.75 Å². The molecule has 0 fully saturated rings. The van der Waals surface area contributed by atoms with Crippen LogP contribution in [0.15, 0.2) is 48.5 Å². The Morgan fingerprint density at radius 1 is 1.25 bits per heavy atom. The molecule has 0 aliphatic carbocycles. The molecule has 3 rings (SSSR count). The van der Waals surface area contributed by atoms with E-state index in [0.29, 0.717) is 19.7 Å². The summed E-state index contributed by atoms with van der Waals surface area (Å²) < 4.78 is 18.9. The van der Waals surface area contributed by atoms with E-state index in [1.807, 2.05) is 38.1 Å². The highest BCUT2D eigenvalue weighted by Crippen LogP contribution is 2.30. The maximum atomic E-state index is 13.2. The lowest BCUT2D eigenvalue weighted by molar-refractivity contribution is -0.120. The summed E-state index contributed by atoms with van der Waals surface area (Å²) in [5.41, 5.74) is 1.91. The van der Waals surface area contributed by atoms with Crippen LogP contribution >= 0.6 is 0 Å². The summed E-state index contributed by atoms with van der Waals surface area (Å²) in [6, 6.07) is 14.3. The van der Waals surface area contributed by atoms with E-state index in [2.05, 4.69) is 15.1 Å². The number of halogens is 1. The number of carbonyl (C=O) groups is 1. The minimum Gasteiger partial charge on any atom is -0.491 e. The highest BCUT2D eigenvalue weighted by Gasteiger charge is 2.19. The van der Waals surface area contributed by atoms with Crippen LogP contribution in [-0.2, 0) is 4.79 Å². The number of carbonyl (C=O) groups excluding carboxylic acids is 1. The average molecular weight is 385 g/mol. The van der Waals surface area contributed by atoms with E-state index >= 15 is 0 Å². The number of benzene rings is 2. The molecule has 1 N–H and O–H groups in total. The molecule has 2 aromatic rings. The SMILES string of the molecule is CCN(C[C@H](C)NC(=O)CN1CCCOc2ccccc21)c1ccc(F)cc1. The second-order valence-electron chi connectivity index (χ2n) is 7.07. The Labute approximate surface area is 166 Å². The molecule has 0 saturated heterocycles. The highest BCUT2D eigenvalue weighted by molar-refractivity contribution is 5.82. The predicted octanol–water partition coefficient (Wildman–Crippen LogP) is 3.45. The molecule has 2 aromatic carbocycles. The molecular weight excluding hydrogens is 357 g/mol. The van der Waals surface area contributed by atoms with Gasteiger partial charge in [0.1, 0.15) is 11.6 Å². The van der Waals surface area contributed by atoms with Crippen molar-refractivity contribution < 1.29 is 13.9 Å². The standard InChI is InChI=1S/C22H28FN3O2/c1-3-25(19-11-9-18(23)10-12-19)15-17(2)24-22(27)16-26-13-6-14-28-21-8-5-4-7-20(21)26/h4-5,7-12,17H,3,6,13-16H2,1-2H3,(H,24,27)/t17-/m0/s1. The normalized spacial score (nSPS) is 14.5. The Balaban J connectivity index is 1.57. The van der Waals surface area contributed by atoms with Crippen LogP contribution < -0.4 is 19.9 Å². The number of nitrogens with zero attached hydrogens (tertiary/aromatic N) is 2. The summed E-state index contributed by atoms with van der Waals surface area (Å²) in [6.07, 6.45) is 0.881. The summed E-state index contributed by atoms with van der Waals surface area (Å²) in [4.78, 5) is 16.8. The van der Waals surface area contributed by atoms with Gasteiger partial charge >= 0.3 is 0 Å². The zero-order valence-electron chi connectivity index (χ0n) is 16.5. The van der Waals surface area contributed by atoms with Crippen LogP contribution in [0.4, 0.5) is 15.8 Å². The molecule has 6 heteroatoms. The fraction of sp³-hybridized carbons (Fsp3) is 0.409. The molecule has 0 unspecified atom stereocenters. The lowest BCUT2D eigenvalue weighted by Crippen LogP contribution is -2.46. The fourth-order valence-corrected chi connectivity index (χ4v) is 3.50. The fourth-order valence-electron chi connectivity index (χ4n) is 3.50. The Morgan fingerprint density at radius 3 is 2.75 bits per heavy atom. The van der Waals surface area contributed by atoms with Crippen molar-refractivity contribution in [2.75, 3.05) is 42.6 Å². The molecule has 150 valence electrons. The first kappa shape index (κ1) is 20.0. The molecular formula is C22H28FN3O2. The number of rotatable bonds is 7. The molecule has 1 amide bonds. The number of likely N-dealkylation sites (N-methyl/N-ethyl adjacent to an activating group) is 1. The van der Waals surface area contributed by atoms with Gasteiger partial charge in [0.05, 0.1) is 18.8 Å². The molecule has 1 heterocycles. The molecule has 1 atom stereocenters.